The monoisotopic (exact) mass is 448 g/mol. The summed E-state index contributed by atoms with van der Waals surface area (Å²) >= 11 is 0. The van der Waals surface area contributed by atoms with Gasteiger partial charge in [0.05, 0.1) is 0 Å². The van der Waals surface area contributed by atoms with Gasteiger partial charge in [-0.1, -0.05) is 19.1 Å². The van der Waals surface area contributed by atoms with Crippen LogP contribution in [0.5, 0.6) is 0 Å². The summed E-state index contributed by atoms with van der Waals surface area (Å²) in [5, 5.41) is 5.78. The van der Waals surface area contributed by atoms with Crippen LogP contribution < -0.4 is 16.4 Å². The number of nitrogens with two attached hydrogens (primary N) is 1. The molecule has 136 valence electrons. The molecule has 0 bridgehead atoms. The van der Waals surface area contributed by atoms with Crippen LogP contribution in [0.1, 0.15) is 39.7 Å². The van der Waals surface area contributed by atoms with E-state index in [1.54, 1.807) is 0 Å². The summed E-state index contributed by atoms with van der Waals surface area (Å²) < 4.78 is 5.21. The molecule has 1 amide bonds. The molecule has 0 fully saturated rings. The minimum absolute atomic E-state index is 0. The van der Waals surface area contributed by atoms with Crippen molar-refractivity contribution >= 4 is 41.7 Å². The Balaban J connectivity index is 0.00000529. The number of halogens is 1. The van der Waals surface area contributed by atoms with Crippen molar-refractivity contribution in [3.8, 4) is 0 Å². The lowest BCUT2D eigenvalue weighted by atomic mass is 10.1. The number of nitrogens with one attached hydrogen (secondary N) is 2. The number of hydrogen-bond acceptors (Lipinski definition) is 3. The number of benzene rings is 1. The van der Waals surface area contributed by atoms with Crippen molar-refractivity contribution in [2.24, 2.45) is 10.7 Å². The van der Waals surface area contributed by atoms with E-state index in [1.807, 2.05) is 45.0 Å². The lowest BCUT2D eigenvalue weighted by Gasteiger charge is -2.19. The van der Waals surface area contributed by atoms with Gasteiger partial charge in [-0.05, 0) is 51.3 Å². The third-order valence-corrected chi connectivity index (χ3v) is 2.82. The Bertz CT molecular complexity index is 524. The average molecular weight is 448 g/mol. The lowest BCUT2D eigenvalue weighted by Crippen LogP contribution is -2.33. The molecule has 0 spiro atoms. The summed E-state index contributed by atoms with van der Waals surface area (Å²) in [7, 11) is 0. The van der Waals surface area contributed by atoms with Gasteiger partial charge >= 0.3 is 6.09 Å². The molecule has 0 aliphatic carbocycles. The molecule has 0 unspecified atom stereocenters. The second-order valence-corrected chi connectivity index (χ2v) is 6.27. The smallest absolute Gasteiger partial charge is 0.412 e. The number of rotatable bonds is 6. The van der Waals surface area contributed by atoms with E-state index in [0.717, 1.165) is 31.5 Å². The van der Waals surface area contributed by atoms with Crippen molar-refractivity contribution in [2.45, 2.75) is 46.1 Å². The van der Waals surface area contributed by atoms with Gasteiger partial charge in [0.15, 0.2) is 5.96 Å². The number of hydrogen-bond donors (Lipinski definition) is 3. The summed E-state index contributed by atoms with van der Waals surface area (Å²) in [6, 6.07) is 7.64. The number of guanidine groups is 1. The molecule has 4 N–H and O–H groups in total. The fraction of sp³-hybridized carbons (Fsp3) is 0.529. The van der Waals surface area contributed by atoms with Crippen LogP contribution in [0.15, 0.2) is 29.3 Å². The number of nitrogens with zero attached hydrogens (tertiary/aromatic N) is 1. The molecule has 6 nitrogen and oxygen atoms in total. The molecule has 7 heteroatoms. The Morgan fingerprint density at radius 1 is 1.25 bits per heavy atom. The van der Waals surface area contributed by atoms with Crippen molar-refractivity contribution in [3.05, 3.63) is 29.8 Å². The van der Waals surface area contributed by atoms with Crippen molar-refractivity contribution in [1.82, 2.24) is 5.32 Å². The van der Waals surface area contributed by atoms with Gasteiger partial charge in [-0.2, -0.15) is 0 Å². The van der Waals surface area contributed by atoms with Crippen molar-refractivity contribution in [1.29, 1.82) is 0 Å². The highest BCUT2D eigenvalue weighted by atomic mass is 127. The molecule has 1 aromatic rings. The van der Waals surface area contributed by atoms with E-state index in [-0.39, 0.29) is 24.0 Å². The first kappa shape index (κ1) is 22.5. The third kappa shape index (κ3) is 10.3. The molecular weight excluding hydrogens is 419 g/mol. The number of carbonyl (C=O) groups is 1. The minimum Gasteiger partial charge on any atom is -0.444 e. The first-order valence-corrected chi connectivity index (χ1v) is 7.93. The molecule has 0 radical (unpaired) electrons. The normalized spacial score (nSPS) is 11.4. The highest BCUT2D eigenvalue weighted by Gasteiger charge is 2.15. The molecule has 0 atom stereocenters. The topological polar surface area (TPSA) is 88.7 Å². The number of amides is 1. The van der Waals surface area contributed by atoms with Crippen LogP contribution in [0, 0.1) is 0 Å². The van der Waals surface area contributed by atoms with Crippen molar-refractivity contribution in [3.63, 3.8) is 0 Å². The zero-order chi connectivity index (χ0) is 17.3. The van der Waals surface area contributed by atoms with E-state index in [9.17, 15) is 4.79 Å². The van der Waals surface area contributed by atoms with E-state index in [1.165, 1.54) is 0 Å². The standard InChI is InChI=1S/C17H28N4O2.HI/c1-5-11-19-15(18)20-12-10-13-6-8-14(9-7-13)21-16(22)23-17(2,3)4;/h6-9H,5,10-12H2,1-4H3,(H,21,22)(H3,18,19,20);1H. The largest absolute Gasteiger partial charge is 0.444 e. The molecule has 24 heavy (non-hydrogen) atoms. The second-order valence-electron chi connectivity index (χ2n) is 6.27. The summed E-state index contributed by atoms with van der Waals surface area (Å²) in [4.78, 5) is 15.8. The Kier molecular flexibility index (Phi) is 10.4. The van der Waals surface area contributed by atoms with Gasteiger partial charge in [-0.3, -0.25) is 10.3 Å². The van der Waals surface area contributed by atoms with Gasteiger partial charge in [0.1, 0.15) is 5.60 Å². The van der Waals surface area contributed by atoms with Crippen molar-refractivity contribution in [2.75, 3.05) is 18.4 Å². The van der Waals surface area contributed by atoms with Gasteiger partial charge in [0.2, 0.25) is 0 Å². The Hall–Kier alpha value is -1.51. The van der Waals surface area contributed by atoms with Gasteiger partial charge in [-0.25, -0.2) is 4.79 Å². The number of ether oxygens (including phenoxy) is 1. The molecule has 0 saturated heterocycles. The van der Waals surface area contributed by atoms with Crippen LogP contribution >= 0.6 is 24.0 Å². The number of aliphatic imine (C=N–C) groups is 1. The number of carbonyl (C=O) groups excluding carboxylic acids is 1. The van der Waals surface area contributed by atoms with Crippen LogP contribution in [0.2, 0.25) is 0 Å². The lowest BCUT2D eigenvalue weighted by molar-refractivity contribution is 0.0636. The first-order valence-electron chi connectivity index (χ1n) is 7.93. The highest BCUT2D eigenvalue weighted by Crippen LogP contribution is 2.13. The van der Waals surface area contributed by atoms with Crippen molar-refractivity contribution < 1.29 is 9.53 Å². The van der Waals surface area contributed by atoms with E-state index >= 15 is 0 Å². The molecular formula is C17H29IN4O2. The molecule has 0 aromatic heterocycles. The Morgan fingerprint density at radius 2 is 1.88 bits per heavy atom. The predicted molar refractivity (Wildman–Crippen MR) is 110 cm³/mol. The summed E-state index contributed by atoms with van der Waals surface area (Å²) in [5.41, 5.74) is 7.08. The van der Waals surface area contributed by atoms with Crippen LogP contribution in [-0.4, -0.2) is 30.7 Å². The van der Waals surface area contributed by atoms with Crippen LogP contribution in [-0.2, 0) is 11.2 Å². The maximum absolute atomic E-state index is 11.7. The SMILES string of the molecule is CCCN=C(N)NCCc1ccc(NC(=O)OC(C)(C)C)cc1.I. The molecule has 1 rings (SSSR count). The number of anilines is 1. The maximum atomic E-state index is 11.7. The van der Waals surface area contributed by atoms with E-state index < -0.39 is 11.7 Å². The van der Waals surface area contributed by atoms with E-state index in [4.69, 9.17) is 10.5 Å². The highest BCUT2D eigenvalue weighted by molar-refractivity contribution is 14.0. The predicted octanol–water partition coefficient (Wildman–Crippen LogP) is 3.51. The van der Waals surface area contributed by atoms with Crippen LogP contribution in [0.4, 0.5) is 10.5 Å². The first-order chi connectivity index (χ1) is 10.8. The fourth-order valence-electron chi connectivity index (χ4n) is 1.80. The zero-order valence-corrected chi connectivity index (χ0v) is 17.2. The Labute approximate surface area is 161 Å². The van der Waals surface area contributed by atoms with E-state index in [2.05, 4.69) is 22.5 Å². The van der Waals surface area contributed by atoms with Gasteiger partial charge < -0.3 is 15.8 Å². The molecule has 0 saturated carbocycles. The summed E-state index contributed by atoms with van der Waals surface area (Å²) in [6.07, 6.45) is 1.36. The molecule has 1 aromatic carbocycles. The molecule has 0 aliphatic rings. The van der Waals surface area contributed by atoms with Gasteiger partial charge in [0, 0.05) is 18.8 Å². The third-order valence-electron chi connectivity index (χ3n) is 2.82. The minimum atomic E-state index is -0.505. The fourth-order valence-corrected chi connectivity index (χ4v) is 1.80. The molecule has 0 aliphatic heterocycles. The van der Waals surface area contributed by atoms with Gasteiger partial charge in [0.25, 0.3) is 0 Å². The van der Waals surface area contributed by atoms with E-state index in [0.29, 0.717) is 11.6 Å². The maximum Gasteiger partial charge on any atom is 0.412 e. The quantitative estimate of drug-likeness (QED) is 0.353. The summed E-state index contributed by atoms with van der Waals surface area (Å²) in [5.74, 6) is 0.482. The van der Waals surface area contributed by atoms with Crippen LogP contribution in [0.3, 0.4) is 0 Å². The second kappa shape index (κ2) is 11.1. The molecule has 0 heterocycles. The van der Waals surface area contributed by atoms with Crippen LogP contribution in [0.25, 0.3) is 0 Å². The summed E-state index contributed by atoms with van der Waals surface area (Å²) in [6.45, 7) is 9.01. The average Bonchev–Trinajstić information content (AvgIpc) is 2.45. The Morgan fingerprint density at radius 3 is 2.42 bits per heavy atom. The van der Waals surface area contributed by atoms with Gasteiger partial charge in [-0.15, -0.1) is 24.0 Å². The zero-order valence-electron chi connectivity index (χ0n) is 14.9.